The highest BCUT2D eigenvalue weighted by Gasteiger charge is 2.31. The summed E-state index contributed by atoms with van der Waals surface area (Å²) in [6, 6.07) is 11.0. The van der Waals surface area contributed by atoms with Gasteiger partial charge < -0.3 is 23.7 Å². The number of methoxy groups -OCH3 is 1. The van der Waals surface area contributed by atoms with Gasteiger partial charge in [0.2, 0.25) is 0 Å². The summed E-state index contributed by atoms with van der Waals surface area (Å²) in [4.78, 5) is 12.6. The molecule has 1 atom stereocenters. The van der Waals surface area contributed by atoms with Crippen LogP contribution in [0, 0.1) is 0 Å². The van der Waals surface area contributed by atoms with Crippen LogP contribution >= 0.6 is 0 Å². The van der Waals surface area contributed by atoms with Crippen molar-refractivity contribution in [3.63, 3.8) is 0 Å². The normalized spacial score (nSPS) is 19.4. The Labute approximate surface area is 180 Å². The summed E-state index contributed by atoms with van der Waals surface area (Å²) < 4.78 is 28.3. The molecule has 2 aliphatic heterocycles. The van der Waals surface area contributed by atoms with Crippen LogP contribution in [0.2, 0.25) is 0 Å². The van der Waals surface area contributed by atoms with Gasteiger partial charge in [0, 0.05) is 37.6 Å². The molecule has 0 saturated carbocycles. The third-order valence-corrected chi connectivity index (χ3v) is 5.68. The molecular formula is C23H24FN5O2. The van der Waals surface area contributed by atoms with Crippen LogP contribution in [0.1, 0.15) is 18.2 Å². The fourth-order valence-electron chi connectivity index (χ4n) is 4.17. The lowest BCUT2D eigenvalue weighted by molar-refractivity contribution is 0.152. The molecule has 2 aliphatic rings. The molecule has 1 aromatic carbocycles. The van der Waals surface area contributed by atoms with Crippen molar-refractivity contribution in [2.45, 2.75) is 12.5 Å². The third-order valence-electron chi connectivity index (χ3n) is 5.68. The van der Waals surface area contributed by atoms with Crippen molar-refractivity contribution in [3.05, 3.63) is 66.5 Å². The van der Waals surface area contributed by atoms with Crippen LogP contribution in [0.5, 0.6) is 5.75 Å². The van der Waals surface area contributed by atoms with Crippen LogP contribution in [-0.4, -0.2) is 49.1 Å². The monoisotopic (exact) mass is 421 g/mol. The first kappa shape index (κ1) is 19.6. The van der Waals surface area contributed by atoms with E-state index in [1.165, 1.54) is 6.20 Å². The van der Waals surface area contributed by atoms with E-state index in [2.05, 4.69) is 14.9 Å². The first-order chi connectivity index (χ1) is 15.3. The zero-order chi connectivity index (χ0) is 21.2. The Balaban J connectivity index is 1.54. The standard InChI is InChI=1S/C23H24FN5O2/c1-30-21-13-17(27-8-4-11-31-12-10-27)6-7-19(21)29-16-25-14-18(24)23(29)20-15-26-22-5-2-3-9-28(20)22/h2-3,5-7,9,13-16,23H,4,8,10-12H2,1H3. The van der Waals surface area contributed by atoms with Gasteiger partial charge in [0.05, 0.1) is 43.8 Å². The maximum atomic E-state index is 15.1. The number of fused-ring (bicyclic) bond motifs is 1. The quantitative estimate of drug-likeness (QED) is 0.638. The second-order valence-electron chi connectivity index (χ2n) is 7.51. The van der Waals surface area contributed by atoms with E-state index in [9.17, 15) is 0 Å². The van der Waals surface area contributed by atoms with E-state index in [0.717, 1.165) is 43.1 Å². The molecule has 3 aromatic rings. The molecule has 1 unspecified atom stereocenters. The molecule has 4 heterocycles. The number of halogens is 1. The van der Waals surface area contributed by atoms with Crippen LogP contribution < -0.4 is 14.5 Å². The predicted octanol–water partition coefficient (Wildman–Crippen LogP) is 3.97. The summed E-state index contributed by atoms with van der Waals surface area (Å²) in [5, 5.41) is 0. The summed E-state index contributed by atoms with van der Waals surface area (Å²) in [6.45, 7) is 3.24. The highest BCUT2D eigenvalue weighted by atomic mass is 19.1. The topological polar surface area (TPSA) is 54.6 Å². The molecular weight excluding hydrogens is 397 g/mol. The summed E-state index contributed by atoms with van der Waals surface area (Å²) in [5.41, 5.74) is 3.27. The molecule has 8 heteroatoms. The second-order valence-corrected chi connectivity index (χ2v) is 7.51. The highest BCUT2D eigenvalue weighted by Crippen LogP contribution is 2.40. The summed E-state index contributed by atoms with van der Waals surface area (Å²) in [6.07, 6.45) is 7.46. The number of anilines is 2. The Morgan fingerprint density at radius 2 is 2.10 bits per heavy atom. The smallest absolute Gasteiger partial charge is 0.147 e. The predicted molar refractivity (Wildman–Crippen MR) is 119 cm³/mol. The molecule has 0 bridgehead atoms. The average Bonchev–Trinajstić information content (AvgIpc) is 3.03. The summed E-state index contributed by atoms with van der Waals surface area (Å²) >= 11 is 0. The lowest BCUT2D eigenvalue weighted by Crippen LogP contribution is -2.31. The SMILES string of the molecule is COc1cc(N2CCCOCC2)ccc1N1C=NC=C(F)C1c1cnc2ccccn12. The van der Waals surface area contributed by atoms with Crippen LogP contribution in [-0.2, 0) is 4.74 Å². The van der Waals surface area contributed by atoms with Crippen LogP contribution in [0.25, 0.3) is 5.65 Å². The van der Waals surface area contributed by atoms with Gasteiger partial charge in [0.25, 0.3) is 0 Å². The van der Waals surface area contributed by atoms with Gasteiger partial charge in [0.15, 0.2) is 0 Å². The maximum absolute atomic E-state index is 15.1. The van der Waals surface area contributed by atoms with Crippen molar-refractivity contribution in [1.29, 1.82) is 0 Å². The fourth-order valence-corrected chi connectivity index (χ4v) is 4.17. The molecule has 0 N–H and O–H groups in total. The Bertz CT molecular complexity index is 1130. The number of hydrogen-bond acceptors (Lipinski definition) is 6. The van der Waals surface area contributed by atoms with E-state index < -0.39 is 6.04 Å². The van der Waals surface area contributed by atoms with E-state index in [4.69, 9.17) is 9.47 Å². The lowest BCUT2D eigenvalue weighted by Gasteiger charge is -2.32. The summed E-state index contributed by atoms with van der Waals surface area (Å²) in [5.74, 6) is 0.298. The second kappa shape index (κ2) is 8.39. The minimum atomic E-state index is -0.693. The zero-order valence-corrected chi connectivity index (χ0v) is 17.3. The van der Waals surface area contributed by atoms with E-state index in [0.29, 0.717) is 18.1 Å². The minimum absolute atomic E-state index is 0.357. The van der Waals surface area contributed by atoms with Crippen molar-refractivity contribution in [1.82, 2.24) is 9.38 Å². The molecule has 7 nitrogen and oxygen atoms in total. The number of imidazole rings is 1. The molecule has 0 radical (unpaired) electrons. The minimum Gasteiger partial charge on any atom is -0.494 e. The van der Waals surface area contributed by atoms with Crippen LogP contribution in [0.3, 0.4) is 0 Å². The van der Waals surface area contributed by atoms with Crippen molar-refractivity contribution >= 4 is 23.4 Å². The number of benzene rings is 1. The molecule has 5 rings (SSSR count). The number of ether oxygens (including phenoxy) is 2. The molecule has 0 amide bonds. The number of aliphatic imine (C=N–C) groups is 1. The summed E-state index contributed by atoms with van der Waals surface area (Å²) in [7, 11) is 1.63. The van der Waals surface area contributed by atoms with E-state index in [-0.39, 0.29) is 5.83 Å². The Hall–Kier alpha value is -3.39. The number of pyridine rings is 1. The van der Waals surface area contributed by atoms with Gasteiger partial charge in [-0.2, -0.15) is 0 Å². The van der Waals surface area contributed by atoms with Gasteiger partial charge in [0.1, 0.15) is 23.3 Å². The average molecular weight is 421 g/mol. The van der Waals surface area contributed by atoms with E-state index in [1.54, 1.807) is 24.5 Å². The lowest BCUT2D eigenvalue weighted by atomic mass is 10.1. The fraction of sp³-hybridized carbons (Fsp3) is 0.304. The number of aromatic nitrogens is 2. The molecule has 1 fully saturated rings. The molecule has 0 spiro atoms. The Kier molecular flexibility index (Phi) is 5.30. The third kappa shape index (κ3) is 3.63. The van der Waals surface area contributed by atoms with E-state index in [1.807, 2.05) is 47.0 Å². The number of rotatable bonds is 4. The van der Waals surface area contributed by atoms with Gasteiger partial charge in [-0.3, -0.25) is 0 Å². The molecule has 160 valence electrons. The van der Waals surface area contributed by atoms with Crippen molar-refractivity contribution < 1.29 is 13.9 Å². The van der Waals surface area contributed by atoms with Crippen LogP contribution in [0.15, 0.2) is 65.8 Å². The largest absolute Gasteiger partial charge is 0.494 e. The molecule has 1 saturated heterocycles. The first-order valence-electron chi connectivity index (χ1n) is 10.4. The van der Waals surface area contributed by atoms with Gasteiger partial charge in [-0.05, 0) is 30.7 Å². The maximum Gasteiger partial charge on any atom is 0.147 e. The molecule has 31 heavy (non-hydrogen) atoms. The van der Waals surface area contributed by atoms with Crippen molar-refractivity contribution in [3.8, 4) is 5.75 Å². The van der Waals surface area contributed by atoms with Gasteiger partial charge in [-0.1, -0.05) is 6.07 Å². The van der Waals surface area contributed by atoms with Crippen molar-refractivity contribution in [2.75, 3.05) is 43.2 Å². The van der Waals surface area contributed by atoms with Gasteiger partial charge in [-0.25, -0.2) is 14.4 Å². The number of hydrogen-bond donors (Lipinski definition) is 0. The van der Waals surface area contributed by atoms with E-state index >= 15 is 4.39 Å². The van der Waals surface area contributed by atoms with Crippen LogP contribution in [0.4, 0.5) is 15.8 Å². The first-order valence-corrected chi connectivity index (χ1v) is 10.4. The number of nitrogens with zero attached hydrogens (tertiary/aromatic N) is 5. The Morgan fingerprint density at radius 3 is 3.00 bits per heavy atom. The Morgan fingerprint density at radius 1 is 1.16 bits per heavy atom. The molecule has 2 aromatic heterocycles. The van der Waals surface area contributed by atoms with Gasteiger partial charge in [-0.15, -0.1) is 0 Å². The van der Waals surface area contributed by atoms with Crippen molar-refractivity contribution in [2.24, 2.45) is 4.99 Å². The van der Waals surface area contributed by atoms with Gasteiger partial charge >= 0.3 is 0 Å². The zero-order valence-electron chi connectivity index (χ0n) is 17.3. The molecule has 0 aliphatic carbocycles. The highest BCUT2D eigenvalue weighted by molar-refractivity contribution is 5.86.